The molecule has 0 heterocycles. The van der Waals surface area contributed by atoms with Crippen LogP contribution in [0.2, 0.25) is 19.6 Å². The summed E-state index contributed by atoms with van der Waals surface area (Å²) in [6.07, 6.45) is 3.84. The Balaban J connectivity index is 2.47. The fraction of sp³-hybridized carbons (Fsp3) is 0.200. The maximum atomic E-state index is 11.4. The van der Waals surface area contributed by atoms with Crippen molar-refractivity contribution in [3.05, 3.63) is 89.6 Å². The lowest BCUT2D eigenvalue weighted by Crippen LogP contribution is -2.38. The van der Waals surface area contributed by atoms with E-state index in [4.69, 9.17) is 0 Å². The summed E-state index contributed by atoms with van der Waals surface area (Å²) in [7, 11) is -1.71. The van der Waals surface area contributed by atoms with Crippen LogP contribution < -0.4 is 0 Å². The van der Waals surface area contributed by atoms with Gasteiger partial charge in [-0.15, -0.1) is 6.58 Å². The highest BCUT2D eigenvalue weighted by Gasteiger charge is 2.36. The van der Waals surface area contributed by atoms with Crippen molar-refractivity contribution in [2.24, 2.45) is 0 Å². The topological polar surface area (TPSA) is 20.2 Å². The Bertz CT molecular complexity index is 653. The number of hydrogen-bond donors (Lipinski definition) is 1. The van der Waals surface area contributed by atoms with Crippen LogP contribution in [-0.2, 0) is 5.60 Å². The highest BCUT2D eigenvalue weighted by Crippen LogP contribution is 2.36. The van der Waals surface area contributed by atoms with Crippen LogP contribution >= 0.6 is 0 Å². The molecule has 2 rings (SSSR count). The van der Waals surface area contributed by atoms with E-state index in [9.17, 15) is 5.11 Å². The van der Waals surface area contributed by atoms with Gasteiger partial charge in [0, 0.05) is 0 Å². The van der Waals surface area contributed by atoms with E-state index in [0.717, 1.165) is 16.3 Å². The third-order valence-corrected chi connectivity index (χ3v) is 6.09. The van der Waals surface area contributed by atoms with Gasteiger partial charge < -0.3 is 5.11 Å². The molecule has 1 unspecified atom stereocenters. The molecule has 1 atom stereocenters. The fourth-order valence-corrected chi connectivity index (χ4v) is 3.79. The normalized spacial score (nSPS) is 14.7. The van der Waals surface area contributed by atoms with E-state index in [1.807, 2.05) is 72.8 Å². The SMILES string of the molecule is C=C(C(O)(/C=C/c1ccccc1)c1ccccc1)[Si](C)(C)C. The molecule has 1 nitrogen and oxygen atoms in total. The number of benzene rings is 2. The Morgan fingerprint density at radius 3 is 1.95 bits per heavy atom. The van der Waals surface area contributed by atoms with Gasteiger partial charge in [-0.25, -0.2) is 0 Å². The molecule has 0 saturated carbocycles. The maximum Gasteiger partial charge on any atom is 0.126 e. The van der Waals surface area contributed by atoms with Gasteiger partial charge in [-0.1, -0.05) is 86.4 Å². The van der Waals surface area contributed by atoms with E-state index in [1.165, 1.54) is 0 Å². The second-order valence-corrected chi connectivity index (χ2v) is 11.7. The summed E-state index contributed by atoms with van der Waals surface area (Å²) in [5.74, 6) is 0. The molecule has 0 aromatic heterocycles. The lowest BCUT2D eigenvalue weighted by atomic mass is 9.92. The first-order chi connectivity index (χ1) is 10.3. The first-order valence-corrected chi connectivity index (χ1v) is 11.1. The van der Waals surface area contributed by atoms with Crippen LogP contribution in [0.4, 0.5) is 0 Å². The average Bonchev–Trinajstić information content (AvgIpc) is 2.53. The summed E-state index contributed by atoms with van der Waals surface area (Å²) < 4.78 is 0. The summed E-state index contributed by atoms with van der Waals surface area (Å²) in [6.45, 7) is 10.9. The van der Waals surface area contributed by atoms with Gasteiger partial charge in [0.1, 0.15) is 5.60 Å². The van der Waals surface area contributed by atoms with Gasteiger partial charge in [-0.2, -0.15) is 0 Å². The Morgan fingerprint density at radius 2 is 1.45 bits per heavy atom. The van der Waals surface area contributed by atoms with Crippen LogP contribution in [-0.4, -0.2) is 13.2 Å². The zero-order chi connectivity index (χ0) is 16.2. The predicted octanol–water partition coefficient (Wildman–Crippen LogP) is 5.02. The fourth-order valence-electron chi connectivity index (χ4n) is 2.42. The third kappa shape index (κ3) is 3.64. The minimum Gasteiger partial charge on any atom is -0.377 e. The molecule has 0 aliphatic rings. The van der Waals surface area contributed by atoms with Crippen molar-refractivity contribution in [1.29, 1.82) is 0 Å². The lowest BCUT2D eigenvalue weighted by Gasteiger charge is -2.34. The largest absolute Gasteiger partial charge is 0.377 e. The number of hydrogen-bond acceptors (Lipinski definition) is 1. The molecular weight excluding hydrogens is 284 g/mol. The van der Waals surface area contributed by atoms with E-state index in [2.05, 4.69) is 26.2 Å². The van der Waals surface area contributed by atoms with Crippen molar-refractivity contribution in [2.75, 3.05) is 0 Å². The second kappa shape index (κ2) is 6.47. The Labute approximate surface area is 134 Å². The zero-order valence-corrected chi connectivity index (χ0v) is 14.6. The van der Waals surface area contributed by atoms with Crippen molar-refractivity contribution in [3.63, 3.8) is 0 Å². The molecule has 2 aromatic rings. The van der Waals surface area contributed by atoms with Gasteiger partial charge >= 0.3 is 0 Å². The number of aliphatic hydroxyl groups is 1. The first kappa shape index (κ1) is 16.5. The monoisotopic (exact) mass is 308 g/mol. The van der Waals surface area contributed by atoms with Crippen LogP contribution in [0, 0.1) is 0 Å². The predicted molar refractivity (Wildman–Crippen MR) is 98.3 cm³/mol. The molecule has 0 radical (unpaired) electrons. The Hall–Kier alpha value is -1.90. The van der Waals surface area contributed by atoms with Gasteiger partial charge in [0.2, 0.25) is 0 Å². The molecule has 22 heavy (non-hydrogen) atoms. The van der Waals surface area contributed by atoms with Crippen molar-refractivity contribution in [3.8, 4) is 0 Å². The maximum absolute atomic E-state index is 11.4. The quantitative estimate of drug-likeness (QED) is 0.769. The zero-order valence-electron chi connectivity index (χ0n) is 13.6. The van der Waals surface area contributed by atoms with Crippen LogP contribution in [0.15, 0.2) is 78.5 Å². The van der Waals surface area contributed by atoms with Crippen molar-refractivity contribution in [1.82, 2.24) is 0 Å². The van der Waals surface area contributed by atoms with Gasteiger partial charge in [0.15, 0.2) is 0 Å². The Morgan fingerprint density at radius 1 is 0.955 bits per heavy atom. The molecule has 1 N–H and O–H groups in total. The molecule has 0 aliphatic heterocycles. The van der Waals surface area contributed by atoms with E-state index < -0.39 is 13.7 Å². The molecule has 0 saturated heterocycles. The summed E-state index contributed by atoms with van der Waals surface area (Å²) in [5.41, 5.74) is 0.816. The second-order valence-electron chi connectivity index (χ2n) is 6.60. The summed E-state index contributed by atoms with van der Waals surface area (Å²) in [4.78, 5) is 0. The van der Waals surface area contributed by atoms with Crippen LogP contribution in [0.1, 0.15) is 11.1 Å². The van der Waals surface area contributed by atoms with E-state index in [0.29, 0.717) is 0 Å². The lowest BCUT2D eigenvalue weighted by molar-refractivity contribution is 0.138. The van der Waals surface area contributed by atoms with Gasteiger partial charge in [-0.05, 0) is 22.4 Å². The molecule has 0 aliphatic carbocycles. The molecule has 2 heteroatoms. The van der Waals surface area contributed by atoms with Crippen LogP contribution in [0.25, 0.3) is 6.08 Å². The van der Waals surface area contributed by atoms with E-state index >= 15 is 0 Å². The molecule has 0 spiro atoms. The van der Waals surface area contributed by atoms with Gasteiger partial charge in [0.05, 0.1) is 8.07 Å². The number of rotatable bonds is 5. The first-order valence-electron chi connectivity index (χ1n) is 7.56. The van der Waals surface area contributed by atoms with Crippen molar-refractivity contribution < 1.29 is 5.11 Å². The summed E-state index contributed by atoms with van der Waals surface area (Å²) in [6, 6.07) is 19.8. The minimum absolute atomic E-state index is 0.870. The van der Waals surface area contributed by atoms with Crippen LogP contribution in [0.5, 0.6) is 0 Å². The average molecular weight is 308 g/mol. The standard InChI is InChI=1S/C20H24OSi/c1-17(22(2,3)4)20(21,19-13-9-6-10-14-19)16-15-18-11-7-5-8-12-18/h5-16,21H,1H2,2-4H3/b16-15+. The van der Waals surface area contributed by atoms with E-state index in [-0.39, 0.29) is 0 Å². The molecule has 2 aromatic carbocycles. The molecular formula is C20H24OSi. The van der Waals surface area contributed by atoms with Gasteiger partial charge in [-0.3, -0.25) is 0 Å². The molecule has 0 amide bonds. The molecule has 0 bridgehead atoms. The third-order valence-electron chi connectivity index (χ3n) is 3.90. The highest BCUT2D eigenvalue weighted by atomic mass is 28.3. The van der Waals surface area contributed by atoms with Crippen LogP contribution in [0.3, 0.4) is 0 Å². The van der Waals surface area contributed by atoms with E-state index in [1.54, 1.807) is 0 Å². The van der Waals surface area contributed by atoms with Crippen molar-refractivity contribution >= 4 is 14.1 Å². The summed E-state index contributed by atoms with van der Waals surface area (Å²) in [5, 5.41) is 12.3. The van der Waals surface area contributed by atoms with Gasteiger partial charge in [0.25, 0.3) is 0 Å². The smallest absolute Gasteiger partial charge is 0.126 e. The molecule has 0 fully saturated rings. The summed E-state index contributed by atoms with van der Waals surface area (Å²) >= 11 is 0. The minimum atomic E-state index is -1.71. The van der Waals surface area contributed by atoms with Crippen molar-refractivity contribution in [2.45, 2.75) is 25.2 Å². The highest BCUT2D eigenvalue weighted by molar-refractivity contribution is 6.83. The molecule has 114 valence electrons. The Kier molecular flexibility index (Phi) is 4.84.